The Kier molecular flexibility index (Phi) is 2.00. The van der Waals surface area contributed by atoms with Gasteiger partial charge in [-0.05, 0) is 24.1 Å². The number of halogens is 2. The molecule has 0 bridgehead atoms. The van der Waals surface area contributed by atoms with Gasteiger partial charge >= 0.3 is 0 Å². The number of hydrogen-bond donors (Lipinski definition) is 1. The zero-order chi connectivity index (χ0) is 9.42. The summed E-state index contributed by atoms with van der Waals surface area (Å²) in [7, 11) is 0. The predicted molar refractivity (Wildman–Crippen MR) is 52.6 cm³/mol. The van der Waals surface area contributed by atoms with E-state index in [0.717, 1.165) is 22.9 Å². The fourth-order valence-electron chi connectivity index (χ4n) is 1.47. The molecule has 0 aliphatic carbocycles. The Morgan fingerprint density at radius 2 is 2.23 bits per heavy atom. The summed E-state index contributed by atoms with van der Waals surface area (Å²) < 4.78 is 13.1. The van der Waals surface area contributed by atoms with E-state index in [1.54, 1.807) is 6.07 Å². The number of fused-ring (bicyclic) bond motifs is 1. The van der Waals surface area contributed by atoms with Gasteiger partial charge in [0.15, 0.2) is 0 Å². The van der Waals surface area contributed by atoms with Gasteiger partial charge in [0.1, 0.15) is 5.82 Å². The van der Waals surface area contributed by atoms with E-state index >= 15 is 0 Å². The van der Waals surface area contributed by atoms with Crippen molar-refractivity contribution in [3.8, 4) is 0 Å². The van der Waals surface area contributed by atoms with Crippen LogP contribution in [-0.2, 0) is 6.42 Å². The first-order valence-corrected chi connectivity index (χ1v) is 4.55. The molecule has 1 aromatic heterocycles. The average molecular weight is 198 g/mol. The zero-order valence-corrected chi connectivity index (χ0v) is 7.95. The molecule has 0 radical (unpaired) electrons. The van der Waals surface area contributed by atoms with Crippen molar-refractivity contribution in [2.45, 2.75) is 13.3 Å². The first kappa shape index (κ1) is 8.57. The van der Waals surface area contributed by atoms with E-state index in [9.17, 15) is 4.39 Å². The van der Waals surface area contributed by atoms with Gasteiger partial charge in [-0.25, -0.2) is 4.39 Å². The molecule has 2 aromatic rings. The number of H-pyrrole nitrogens is 1. The summed E-state index contributed by atoms with van der Waals surface area (Å²) in [5, 5.41) is 1.08. The number of nitrogens with one attached hydrogen (secondary N) is 1. The number of hydrogen-bond acceptors (Lipinski definition) is 0. The molecule has 1 aromatic carbocycles. The van der Waals surface area contributed by atoms with Gasteiger partial charge in [0.25, 0.3) is 0 Å². The highest BCUT2D eigenvalue weighted by atomic mass is 35.5. The van der Waals surface area contributed by atoms with Crippen LogP contribution in [0, 0.1) is 5.82 Å². The Labute approximate surface area is 80.5 Å². The van der Waals surface area contributed by atoms with Crippen molar-refractivity contribution in [1.82, 2.24) is 4.98 Å². The van der Waals surface area contributed by atoms with Gasteiger partial charge in [0.2, 0.25) is 0 Å². The molecule has 0 unspecified atom stereocenters. The van der Waals surface area contributed by atoms with Gasteiger partial charge in [0.05, 0.1) is 5.02 Å². The smallest absolute Gasteiger partial charge is 0.142 e. The second-order valence-electron chi connectivity index (χ2n) is 2.98. The van der Waals surface area contributed by atoms with Gasteiger partial charge in [-0.2, -0.15) is 0 Å². The van der Waals surface area contributed by atoms with Crippen molar-refractivity contribution in [2.24, 2.45) is 0 Å². The van der Waals surface area contributed by atoms with Crippen LogP contribution in [0.3, 0.4) is 0 Å². The second-order valence-corrected chi connectivity index (χ2v) is 3.39. The summed E-state index contributed by atoms with van der Waals surface area (Å²) in [6.45, 7) is 2.04. The van der Waals surface area contributed by atoms with Crippen LogP contribution in [-0.4, -0.2) is 4.98 Å². The molecule has 0 saturated heterocycles. The van der Waals surface area contributed by atoms with Crippen molar-refractivity contribution in [3.05, 3.63) is 34.7 Å². The van der Waals surface area contributed by atoms with E-state index in [4.69, 9.17) is 11.6 Å². The monoisotopic (exact) mass is 197 g/mol. The van der Waals surface area contributed by atoms with Gasteiger partial charge in [-0.3, -0.25) is 0 Å². The fourth-order valence-corrected chi connectivity index (χ4v) is 1.63. The summed E-state index contributed by atoms with van der Waals surface area (Å²) in [6.07, 6.45) is 2.78. The Bertz CT molecular complexity index is 447. The minimum absolute atomic E-state index is 0.164. The SMILES string of the molecule is CCc1c[nH]c2cc(Cl)c(F)cc12. The third kappa shape index (κ3) is 1.31. The maximum Gasteiger partial charge on any atom is 0.142 e. The largest absolute Gasteiger partial charge is 0.361 e. The number of aromatic nitrogens is 1. The van der Waals surface area contributed by atoms with Crippen LogP contribution >= 0.6 is 11.6 Å². The van der Waals surface area contributed by atoms with Crippen LogP contribution in [0.1, 0.15) is 12.5 Å². The highest BCUT2D eigenvalue weighted by Crippen LogP contribution is 2.25. The minimum atomic E-state index is -0.358. The topological polar surface area (TPSA) is 15.8 Å². The third-order valence-electron chi connectivity index (χ3n) is 2.19. The first-order valence-electron chi connectivity index (χ1n) is 4.17. The molecule has 0 aliphatic heterocycles. The van der Waals surface area contributed by atoms with E-state index in [2.05, 4.69) is 4.98 Å². The minimum Gasteiger partial charge on any atom is -0.361 e. The lowest BCUT2D eigenvalue weighted by molar-refractivity contribution is 0.630. The molecule has 0 saturated carbocycles. The van der Waals surface area contributed by atoms with Crippen molar-refractivity contribution in [2.75, 3.05) is 0 Å². The van der Waals surface area contributed by atoms with Crippen molar-refractivity contribution >= 4 is 22.5 Å². The number of rotatable bonds is 1. The zero-order valence-electron chi connectivity index (χ0n) is 7.20. The van der Waals surface area contributed by atoms with Crippen LogP contribution in [0.5, 0.6) is 0 Å². The van der Waals surface area contributed by atoms with Gasteiger partial charge in [-0.1, -0.05) is 18.5 Å². The van der Waals surface area contributed by atoms with Crippen molar-refractivity contribution in [1.29, 1.82) is 0 Å². The Morgan fingerprint density at radius 1 is 1.46 bits per heavy atom. The standard InChI is InChI=1S/C10H9ClFN/c1-2-6-5-13-10-4-8(11)9(12)3-7(6)10/h3-5,13H,2H2,1H3. The lowest BCUT2D eigenvalue weighted by Gasteiger charge is -1.96. The van der Waals surface area contributed by atoms with Crippen molar-refractivity contribution < 1.29 is 4.39 Å². The Hall–Kier alpha value is -1.02. The Balaban J connectivity index is 2.77. The molecule has 0 amide bonds. The third-order valence-corrected chi connectivity index (χ3v) is 2.48. The quantitative estimate of drug-likeness (QED) is 0.720. The molecule has 1 N–H and O–H groups in total. The molecule has 3 heteroatoms. The van der Waals surface area contributed by atoms with Crippen LogP contribution in [0.2, 0.25) is 5.02 Å². The van der Waals surface area contributed by atoms with E-state index in [1.165, 1.54) is 6.07 Å². The molecule has 68 valence electrons. The van der Waals surface area contributed by atoms with E-state index in [0.29, 0.717) is 0 Å². The number of aryl methyl sites for hydroxylation is 1. The lowest BCUT2D eigenvalue weighted by atomic mass is 10.1. The van der Waals surface area contributed by atoms with Gasteiger partial charge in [-0.15, -0.1) is 0 Å². The van der Waals surface area contributed by atoms with Crippen molar-refractivity contribution in [3.63, 3.8) is 0 Å². The highest BCUT2D eigenvalue weighted by Gasteiger charge is 2.06. The predicted octanol–water partition coefficient (Wildman–Crippen LogP) is 3.52. The van der Waals surface area contributed by atoms with Crippen LogP contribution in [0.25, 0.3) is 10.9 Å². The summed E-state index contributed by atoms with van der Waals surface area (Å²) in [6, 6.07) is 3.10. The lowest BCUT2D eigenvalue weighted by Crippen LogP contribution is -1.79. The highest BCUT2D eigenvalue weighted by molar-refractivity contribution is 6.31. The second kappa shape index (κ2) is 3.04. The fraction of sp³-hybridized carbons (Fsp3) is 0.200. The summed E-state index contributed by atoms with van der Waals surface area (Å²) in [4.78, 5) is 3.06. The molecule has 2 rings (SSSR count). The van der Waals surface area contributed by atoms with Gasteiger partial charge in [0, 0.05) is 17.1 Å². The summed E-state index contributed by atoms with van der Waals surface area (Å²) in [5.41, 5.74) is 2.01. The molecule has 1 nitrogen and oxygen atoms in total. The first-order chi connectivity index (χ1) is 6.22. The number of benzene rings is 1. The van der Waals surface area contributed by atoms with Gasteiger partial charge < -0.3 is 4.98 Å². The maximum absolute atomic E-state index is 13.1. The van der Waals surface area contributed by atoms with Crippen LogP contribution in [0.15, 0.2) is 18.3 Å². The molecule has 0 aliphatic rings. The molecular weight excluding hydrogens is 189 g/mol. The Morgan fingerprint density at radius 3 is 2.92 bits per heavy atom. The maximum atomic E-state index is 13.1. The molecular formula is C10H9ClFN. The van der Waals surface area contributed by atoms with E-state index < -0.39 is 0 Å². The van der Waals surface area contributed by atoms with Crippen LogP contribution in [0.4, 0.5) is 4.39 Å². The molecule has 0 fully saturated rings. The molecule has 1 heterocycles. The number of aromatic amines is 1. The van der Waals surface area contributed by atoms with E-state index in [1.807, 2.05) is 13.1 Å². The molecule has 13 heavy (non-hydrogen) atoms. The average Bonchev–Trinajstić information content (AvgIpc) is 2.48. The summed E-state index contributed by atoms with van der Waals surface area (Å²) >= 11 is 5.65. The molecule has 0 spiro atoms. The van der Waals surface area contributed by atoms with Crippen LogP contribution < -0.4 is 0 Å². The molecule has 0 atom stereocenters. The summed E-state index contributed by atoms with van der Waals surface area (Å²) in [5.74, 6) is -0.358. The normalized spacial score (nSPS) is 11.0. The van der Waals surface area contributed by atoms with E-state index in [-0.39, 0.29) is 10.8 Å².